The van der Waals surface area contributed by atoms with Crippen molar-refractivity contribution in [3.63, 3.8) is 0 Å². The topological polar surface area (TPSA) is 660 Å². The van der Waals surface area contributed by atoms with Gasteiger partial charge < -0.3 is 181 Å². The van der Waals surface area contributed by atoms with Crippen LogP contribution in [-0.2, 0) is 71.3 Å². The van der Waals surface area contributed by atoms with Crippen LogP contribution in [-0.4, -0.2) is 379 Å². The molecule has 562 valence electrons. The van der Waals surface area contributed by atoms with Crippen LogP contribution in [0.4, 0.5) is 4.79 Å². The zero-order chi connectivity index (χ0) is 72.9. The number of nitrogens with one attached hydrogen (secondary N) is 4. The van der Waals surface area contributed by atoms with Crippen molar-refractivity contribution in [2.45, 2.75) is 215 Å². The molecule has 9 rings (SSSR count). The maximum Gasteiger partial charge on any atom is 0.407 e. The summed E-state index contributed by atoms with van der Waals surface area (Å²) in [6.45, 7) is -6.33. The third-order valence-corrected chi connectivity index (χ3v) is 18.2. The van der Waals surface area contributed by atoms with E-state index >= 15 is 0 Å². The van der Waals surface area contributed by atoms with Gasteiger partial charge in [-0.1, -0.05) is 48.5 Å². The molecule has 25 N–H and O–H groups in total. The number of aliphatic carboxylic acids is 1. The fraction of sp³-hybridized carbons (Fsp3) is 0.712. The van der Waals surface area contributed by atoms with Gasteiger partial charge in [0, 0.05) is 5.92 Å². The third kappa shape index (κ3) is 16.9. The minimum absolute atomic E-state index is 0.367. The molecule has 2 aromatic rings. The number of fused-ring (bicyclic) bond motifs is 3. The predicted molar refractivity (Wildman–Crippen MR) is 315 cm³/mol. The van der Waals surface area contributed by atoms with E-state index in [4.69, 9.17) is 52.1 Å². The van der Waals surface area contributed by atoms with Crippen molar-refractivity contribution in [3.05, 3.63) is 59.7 Å². The minimum atomic E-state index is -2.29. The van der Waals surface area contributed by atoms with Crippen molar-refractivity contribution in [2.75, 3.05) is 46.2 Å². The maximum atomic E-state index is 14.2. The molecule has 0 aromatic heterocycles. The van der Waals surface area contributed by atoms with Crippen LogP contribution in [0.5, 0.6) is 0 Å². The zero-order valence-corrected chi connectivity index (χ0v) is 52.5. The van der Waals surface area contributed by atoms with Crippen LogP contribution >= 0.6 is 0 Å². The second-order valence-electron chi connectivity index (χ2n) is 24.7. The molecule has 6 saturated heterocycles. The van der Waals surface area contributed by atoms with Crippen molar-refractivity contribution in [1.29, 1.82) is 0 Å². The first-order valence-corrected chi connectivity index (χ1v) is 31.6. The Kier molecular flexibility index (Phi) is 27.0. The van der Waals surface area contributed by atoms with Crippen molar-refractivity contribution < 1.29 is 183 Å². The number of aliphatic hydroxyl groups is 20. The smallest absolute Gasteiger partial charge is 0.407 e. The molecule has 41 nitrogen and oxygen atoms in total. The van der Waals surface area contributed by atoms with Crippen LogP contribution in [0.25, 0.3) is 11.1 Å². The van der Waals surface area contributed by atoms with Gasteiger partial charge in [-0.25, -0.2) is 9.59 Å². The Labute approximate surface area is 565 Å². The van der Waals surface area contributed by atoms with Crippen LogP contribution in [0.2, 0.25) is 0 Å². The molecular weight excluding hydrogens is 1360 g/mol. The molecule has 41 heteroatoms. The Hall–Kier alpha value is -5.61. The molecule has 6 heterocycles. The monoisotopic (exact) mass is 1440 g/mol. The molecule has 0 radical (unpaired) electrons. The van der Waals surface area contributed by atoms with Gasteiger partial charge in [-0.3, -0.25) is 14.4 Å². The summed E-state index contributed by atoms with van der Waals surface area (Å²) < 4.78 is 61.0. The number of hydrogen-bond acceptors (Lipinski definition) is 36. The van der Waals surface area contributed by atoms with E-state index in [0.717, 1.165) is 22.3 Å². The van der Waals surface area contributed by atoms with E-state index in [1.54, 1.807) is 36.4 Å². The van der Waals surface area contributed by atoms with Crippen LogP contribution in [0.15, 0.2) is 48.5 Å². The number of alkyl carbamates (subject to hydrolysis) is 1. The first kappa shape index (κ1) is 78.5. The number of carboxylic acid groups (broad SMARTS) is 1. The SMILES string of the molecule is O=C(C[C@H](NC(=O)[C@H](CC(=O)N[C@@H]1O[C@H](CO)[C@@H](O[C@H]2O[C@H](CO)[C@@H](O[C@H]3O[C@H](CO)[C@@H](O)[C@H](O)[C@H]3O)[C@H](O)[C@H]2O)[C@H](O)[C@H]1O)NC(=O)OCC1c2ccccc2-c2ccccc21)C(=O)O)N[C@@H]1O[C@H](CO)[C@@H](O[C@H]2O[C@H](CO)[C@@H](O[C@H]3O[C@H](CO)[C@@H](O)[C@H](O)[C@H]3O)[C@H](O)[C@H]2O)[C@H](O)[C@H]1O. The van der Waals surface area contributed by atoms with E-state index < -0.39 is 284 Å². The van der Waals surface area contributed by atoms with Gasteiger partial charge in [-0.15, -0.1) is 0 Å². The van der Waals surface area contributed by atoms with E-state index in [0.29, 0.717) is 0 Å². The summed E-state index contributed by atoms with van der Waals surface area (Å²) in [5, 5.41) is 231. The standard InChI is InChI=1S/C59H84N4O37/c64-11-25-33(72)35(74)43(82)55(93-25)99-49-29(15-68)95-57(45(84)39(49)78)97-47-27(13-66)91-52(41(80)37(47)76)62-31(70)9-23(61-59(89)90-17-22-20-7-3-1-5-18(20)19-6-2-4-8-21(19)22)51(86)60-24(54(87)88)10-32(71)63-53-42(81)38(77)48(28(14-67)92-53)98-58-46(85)40(79)50(30(16-69)96-58)100-56-44(83)36(75)34(73)26(12-65)94-56/h1-8,22-30,33-50,52-53,55-58,64-69,72-85H,9-17H2,(H,60,86)(H,61,89)(H,62,70)(H,63,71)(H,87,88)/t23-,24-,25+,26+,27+,28+,29+,30+,33+,34+,35-,36-,37+,38+,39+,40+,41+,42+,43+,44+,45+,46+,47+,48+,49+,50+,52+,53+,55+,56+,57+,58+/m0/s1. The molecule has 100 heavy (non-hydrogen) atoms. The van der Waals surface area contributed by atoms with Gasteiger partial charge in [-0.2, -0.15) is 0 Å². The predicted octanol–water partition coefficient (Wildman–Crippen LogP) is -13.6. The fourth-order valence-corrected chi connectivity index (χ4v) is 12.7. The van der Waals surface area contributed by atoms with Gasteiger partial charge in [0.2, 0.25) is 17.7 Å². The number of carboxylic acids is 1. The van der Waals surface area contributed by atoms with Crippen LogP contribution in [0.3, 0.4) is 0 Å². The van der Waals surface area contributed by atoms with Crippen molar-refractivity contribution >= 4 is 29.8 Å². The molecule has 4 amide bonds. The lowest BCUT2D eigenvalue weighted by Crippen LogP contribution is -2.67. The Morgan fingerprint density at radius 1 is 0.380 bits per heavy atom. The number of carbonyl (C=O) groups is 5. The highest BCUT2D eigenvalue weighted by molar-refractivity contribution is 5.94. The lowest BCUT2D eigenvalue weighted by Gasteiger charge is -2.48. The molecule has 2 aromatic carbocycles. The Bertz CT molecular complexity index is 3000. The van der Waals surface area contributed by atoms with E-state index in [1.165, 1.54) is 0 Å². The lowest BCUT2D eigenvalue weighted by atomic mass is 9.95. The highest BCUT2D eigenvalue weighted by atomic mass is 16.8. The molecule has 0 saturated carbocycles. The molecule has 0 spiro atoms. The van der Waals surface area contributed by atoms with Gasteiger partial charge >= 0.3 is 12.1 Å². The van der Waals surface area contributed by atoms with Crippen molar-refractivity contribution in [3.8, 4) is 11.1 Å². The largest absolute Gasteiger partial charge is 0.480 e. The second kappa shape index (κ2) is 34.3. The number of benzene rings is 2. The van der Waals surface area contributed by atoms with E-state index in [9.17, 15) is 131 Å². The Balaban J connectivity index is 0.838. The first-order valence-electron chi connectivity index (χ1n) is 31.6. The molecule has 1 aliphatic carbocycles. The summed E-state index contributed by atoms with van der Waals surface area (Å²) in [5.41, 5.74) is 3.17. The molecule has 0 bridgehead atoms. The molecular formula is C59H84N4O37. The molecule has 6 aliphatic heterocycles. The van der Waals surface area contributed by atoms with Crippen LogP contribution in [0, 0.1) is 0 Å². The van der Waals surface area contributed by atoms with Gasteiger partial charge in [0.05, 0.1) is 52.5 Å². The summed E-state index contributed by atoms with van der Waals surface area (Å²) in [6, 6.07) is 9.91. The number of amides is 4. The summed E-state index contributed by atoms with van der Waals surface area (Å²) >= 11 is 0. The molecule has 7 aliphatic rings. The minimum Gasteiger partial charge on any atom is -0.480 e. The van der Waals surface area contributed by atoms with Gasteiger partial charge in [0.25, 0.3) is 0 Å². The summed E-state index contributed by atoms with van der Waals surface area (Å²) in [5.74, 6) is -6.66. The van der Waals surface area contributed by atoms with Crippen molar-refractivity contribution in [1.82, 2.24) is 21.3 Å². The quantitative estimate of drug-likeness (QED) is 0.0416. The zero-order valence-electron chi connectivity index (χ0n) is 52.5. The molecule has 6 fully saturated rings. The fourth-order valence-electron chi connectivity index (χ4n) is 12.7. The highest BCUT2D eigenvalue weighted by Crippen LogP contribution is 2.45. The average molecular weight is 1440 g/mol. The van der Waals surface area contributed by atoms with Crippen LogP contribution < -0.4 is 21.3 Å². The van der Waals surface area contributed by atoms with Crippen molar-refractivity contribution in [2.24, 2.45) is 0 Å². The van der Waals surface area contributed by atoms with E-state index in [-0.39, 0.29) is 6.61 Å². The first-order chi connectivity index (χ1) is 47.6. The second-order valence-corrected chi connectivity index (χ2v) is 24.7. The molecule has 32 atom stereocenters. The van der Waals surface area contributed by atoms with Gasteiger partial charge in [0.15, 0.2) is 37.6 Å². The maximum absolute atomic E-state index is 14.2. The number of hydrogen-bond donors (Lipinski definition) is 25. The average Bonchev–Trinajstić information content (AvgIpc) is 1.47. The number of ether oxygens (including phenoxy) is 11. The third-order valence-electron chi connectivity index (χ3n) is 18.2. The number of carbonyl (C=O) groups excluding carboxylic acids is 4. The van der Waals surface area contributed by atoms with Gasteiger partial charge in [0.1, 0.15) is 165 Å². The Morgan fingerprint density at radius 3 is 1.06 bits per heavy atom. The number of rotatable bonds is 26. The lowest BCUT2D eigenvalue weighted by molar-refractivity contribution is -0.373. The summed E-state index contributed by atoms with van der Waals surface area (Å²) in [4.78, 5) is 68.4. The van der Waals surface area contributed by atoms with Gasteiger partial charge in [-0.05, 0) is 22.3 Å². The van der Waals surface area contributed by atoms with E-state index in [1.807, 2.05) is 17.4 Å². The normalized spacial score (nSPS) is 40.4. The van der Waals surface area contributed by atoms with E-state index in [2.05, 4.69) is 16.0 Å². The summed E-state index contributed by atoms with van der Waals surface area (Å²) in [7, 11) is 0. The Morgan fingerprint density at radius 2 is 0.700 bits per heavy atom. The number of aliphatic hydroxyl groups excluding tert-OH is 20. The molecule has 0 unspecified atom stereocenters. The highest BCUT2D eigenvalue weighted by Gasteiger charge is 2.57. The van der Waals surface area contributed by atoms with Crippen LogP contribution in [0.1, 0.15) is 29.9 Å². The summed E-state index contributed by atoms with van der Waals surface area (Å²) in [6.07, 6.45) is -62.1.